The molecule has 0 unspecified atom stereocenters. The molecule has 0 fully saturated rings. The maximum absolute atomic E-state index is 11.2. The van der Waals surface area contributed by atoms with E-state index in [1.807, 2.05) is 0 Å². The highest BCUT2D eigenvalue weighted by Gasteiger charge is 2.15. The molecule has 2 aromatic heterocycles. The Balaban J connectivity index is 2.32. The van der Waals surface area contributed by atoms with E-state index in [9.17, 15) is 9.90 Å². The van der Waals surface area contributed by atoms with Crippen molar-refractivity contribution in [2.45, 2.75) is 0 Å². The average molecular weight is 275 g/mol. The summed E-state index contributed by atoms with van der Waals surface area (Å²) in [6.45, 7) is 0. The Morgan fingerprint density at radius 2 is 2.00 bits per heavy atom. The highest BCUT2D eigenvalue weighted by atomic mass is 35.5. The van der Waals surface area contributed by atoms with Gasteiger partial charge in [0.15, 0.2) is 10.8 Å². The number of para-hydroxylation sites is 1. The number of hydrogen-bond donors (Lipinski definition) is 1. The van der Waals surface area contributed by atoms with Gasteiger partial charge in [-0.3, -0.25) is 4.57 Å². The van der Waals surface area contributed by atoms with Crippen LogP contribution >= 0.6 is 11.6 Å². The SMILES string of the molecule is O=C(O)c1ccccc1-n1cnc2c(Cl)ncnc21. The molecule has 3 rings (SSSR count). The third-order valence-electron chi connectivity index (χ3n) is 2.68. The minimum absolute atomic E-state index is 0.163. The number of fused-ring (bicyclic) bond motifs is 1. The third-order valence-corrected chi connectivity index (χ3v) is 2.96. The van der Waals surface area contributed by atoms with E-state index >= 15 is 0 Å². The van der Waals surface area contributed by atoms with Crippen LogP contribution in [0.1, 0.15) is 10.4 Å². The Kier molecular flexibility index (Phi) is 2.64. The standard InChI is InChI=1S/C12H7ClN4O2/c13-10-9-11(15-5-14-10)17(6-16-9)8-4-2-1-3-7(8)12(18)19/h1-6H,(H,18,19). The van der Waals surface area contributed by atoms with Crippen LogP contribution in [0.2, 0.25) is 5.15 Å². The van der Waals surface area contributed by atoms with Gasteiger partial charge >= 0.3 is 5.97 Å². The number of aromatic carboxylic acids is 1. The quantitative estimate of drug-likeness (QED) is 0.724. The van der Waals surface area contributed by atoms with Crippen molar-refractivity contribution in [3.63, 3.8) is 0 Å². The van der Waals surface area contributed by atoms with E-state index in [2.05, 4.69) is 15.0 Å². The van der Waals surface area contributed by atoms with E-state index in [1.54, 1.807) is 22.8 Å². The highest BCUT2D eigenvalue weighted by Crippen LogP contribution is 2.22. The molecule has 0 aliphatic rings. The predicted molar refractivity (Wildman–Crippen MR) is 68.6 cm³/mol. The fourth-order valence-corrected chi connectivity index (χ4v) is 2.02. The normalized spacial score (nSPS) is 10.8. The van der Waals surface area contributed by atoms with Gasteiger partial charge in [-0.05, 0) is 12.1 Å². The molecule has 6 nitrogen and oxygen atoms in total. The van der Waals surface area contributed by atoms with Gasteiger partial charge in [-0.2, -0.15) is 0 Å². The maximum atomic E-state index is 11.2. The summed E-state index contributed by atoms with van der Waals surface area (Å²) in [4.78, 5) is 23.3. The molecule has 0 spiro atoms. The van der Waals surface area contributed by atoms with Crippen molar-refractivity contribution in [2.24, 2.45) is 0 Å². The second kappa shape index (κ2) is 4.33. The molecule has 3 aromatic rings. The second-order valence-electron chi connectivity index (χ2n) is 3.77. The van der Waals surface area contributed by atoms with Crippen molar-refractivity contribution in [1.82, 2.24) is 19.5 Å². The number of nitrogens with zero attached hydrogens (tertiary/aromatic N) is 4. The summed E-state index contributed by atoms with van der Waals surface area (Å²) in [5.41, 5.74) is 1.54. The summed E-state index contributed by atoms with van der Waals surface area (Å²) < 4.78 is 1.58. The molecule has 0 atom stereocenters. The van der Waals surface area contributed by atoms with Crippen molar-refractivity contribution in [2.75, 3.05) is 0 Å². The lowest BCUT2D eigenvalue weighted by molar-refractivity contribution is 0.0697. The van der Waals surface area contributed by atoms with E-state index in [0.717, 1.165) is 0 Å². The zero-order chi connectivity index (χ0) is 13.4. The van der Waals surface area contributed by atoms with Crippen LogP contribution in [0, 0.1) is 0 Å². The first-order valence-corrected chi connectivity index (χ1v) is 5.72. The zero-order valence-corrected chi connectivity index (χ0v) is 10.2. The highest BCUT2D eigenvalue weighted by molar-refractivity contribution is 6.33. The van der Waals surface area contributed by atoms with Gasteiger partial charge in [0.1, 0.15) is 18.2 Å². The number of carboxylic acid groups (broad SMARTS) is 1. The Bertz CT molecular complexity index is 784. The first-order valence-electron chi connectivity index (χ1n) is 5.34. The first-order chi connectivity index (χ1) is 9.18. The summed E-state index contributed by atoms with van der Waals surface area (Å²) in [6.07, 6.45) is 2.79. The lowest BCUT2D eigenvalue weighted by Crippen LogP contribution is -2.04. The number of hydrogen-bond acceptors (Lipinski definition) is 4. The second-order valence-corrected chi connectivity index (χ2v) is 4.13. The molecule has 0 aliphatic carbocycles. The Morgan fingerprint density at radius 3 is 2.79 bits per heavy atom. The first kappa shape index (κ1) is 11.6. The molecule has 19 heavy (non-hydrogen) atoms. The van der Waals surface area contributed by atoms with Gasteiger partial charge in [-0.1, -0.05) is 23.7 Å². The number of benzene rings is 1. The predicted octanol–water partition coefficient (Wildman–Crippen LogP) is 2.17. The minimum Gasteiger partial charge on any atom is -0.478 e. The smallest absolute Gasteiger partial charge is 0.337 e. The molecular formula is C12H7ClN4O2. The number of carboxylic acids is 1. The van der Waals surface area contributed by atoms with Crippen molar-refractivity contribution >= 4 is 28.7 Å². The largest absolute Gasteiger partial charge is 0.478 e. The van der Waals surface area contributed by atoms with Gasteiger partial charge in [-0.25, -0.2) is 19.7 Å². The molecule has 0 aliphatic heterocycles. The van der Waals surface area contributed by atoms with Crippen molar-refractivity contribution in [3.05, 3.63) is 47.6 Å². The van der Waals surface area contributed by atoms with Gasteiger partial charge in [0.05, 0.1) is 11.3 Å². The van der Waals surface area contributed by atoms with Gasteiger partial charge in [0.25, 0.3) is 0 Å². The molecule has 94 valence electrons. The van der Waals surface area contributed by atoms with Crippen LogP contribution in [-0.4, -0.2) is 30.6 Å². The molecule has 0 saturated carbocycles. The fraction of sp³-hybridized carbons (Fsp3) is 0. The molecule has 1 N–H and O–H groups in total. The molecule has 7 heteroatoms. The Hall–Kier alpha value is -2.47. The van der Waals surface area contributed by atoms with Gasteiger partial charge < -0.3 is 5.11 Å². The molecular weight excluding hydrogens is 268 g/mol. The lowest BCUT2D eigenvalue weighted by atomic mass is 10.2. The molecule has 2 heterocycles. The Morgan fingerprint density at radius 1 is 1.21 bits per heavy atom. The zero-order valence-electron chi connectivity index (χ0n) is 9.49. The molecule has 0 radical (unpaired) electrons. The number of carbonyl (C=O) groups is 1. The van der Waals surface area contributed by atoms with Crippen LogP contribution in [0.3, 0.4) is 0 Å². The minimum atomic E-state index is -1.02. The van der Waals surface area contributed by atoms with Crippen LogP contribution in [0.15, 0.2) is 36.9 Å². The maximum Gasteiger partial charge on any atom is 0.337 e. The lowest BCUT2D eigenvalue weighted by Gasteiger charge is -2.07. The molecule has 1 aromatic carbocycles. The molecule has 0 amide bonds. The fourth-order valence-electron chi connectivity index (χ4n) is 1.85. The van der Waals surface area contributed by atoms with Crippen LogP contribution in [0.5, 0.6) is 0 Å². The van der Waals surface area contributed by atoms with E-state index in [1.165, 1.54) is 18.7 Å². The summed E-state index contributed by atoms with van der Waals surface area (Å²) in [5.74, 6) is -1.02. The summed E-state index contributed by atoms with van der Waals surface area (Å²) >= 11 is 5.92. The van der Waals surface area contributed by atoms with Crippen molar-refractivity contribution in [3.8, 4) is 5.69 Å². The van der Waals surface area contributed by atoms with Crippen LogP contribution in [-0.2, 0) is 0 Å². The van der Waals surface area contributed by atoms with Crippen LogP contribution < -0.4 is 0 Å². The van der Waals surface area contributed by atoms with Gasteiger partial charge in [-0.15, -0.1) is 0 Å². The molecule has 0 bridgehead atoms. The van der Waals surface area contributed by atoms with E-state index in [4.69, 9.17) is 11.6 Å². The van der Waals surface area contributed by atoms with E-state index < -0.39 is 5.97 Å². The summed E-state index contributed by atoms with van der Waals surface area (Å²) in [5, 5.41) is 9.43. The van der Waals surface area contributed by atoms with Crippen molar-refractivity contribution in [1.29, 1.82) is 0 Å². The monoisotopic (exact) mass is 274 g/mol. The Labute approximate surface area is 112 Å². The topological polar surface area (TPSA) is 80.9 Å². The summed E-state index contributed by atoms with van der Waals surface area (Å²) in [7, 11) is 0. The number of rotatable bonds is 2. The number of halogens is 1. The van der Waals surface area contributed by atoms with Crippen LogP contribution in [0.4, 0.5) is 0 Å². The molecule has 0 saturated heterocycles. The van der Waals surface area contributed by atoms with Gasteiger partial charge in [0.2, 0.25) is 0 Å². The van der Waals surface area contributed by atoms with Gasteiger partial charge in [0, 0.05) is 0 Å². The summed E-state index contributed by atoms with van der Waals surface area (Å²) in [6, 6.07) is 6.61. The number of imidazole rings is 1. The van der Waals surface area contributed by atoms with Crippen molar-refractivity contribution < 1.29 is 9.90 Å². The number of aromatic nitrogens is 4. The average Bonchev–Trinajstić information content (AvgIpc) is 2.84. The van der Waals surface area contributed by atoms with E-state index in [-0.39, 0.29) is 10.7 Å². The van der Waals surface area contributed by atoms with E-state index in [0.29, 0.717) is 16.9 Å². The third kappa shape index (κ3) is 1.82. The van der Waals surface area contributed by atoms with Crippen LogP contribution in [0.25, 0.3) is 16.9 Å².